The fraction of sp³-hybridized carbons (Fsp3) is 0.707. The van der Waals surface area contributed by atoms with E-state index in [0.29, 0.717) is 11.8 Å². The largest absolute Gasteiger partial charge is 0.497 e. The molecule has 46 heavy (non-hydrogen) atoms. The van der Waals surface area contributed by atoms with Gasteiger partial charge in [-0.1, -0.05) is 72.2 Å². The summed E-state index contributed by atoms with van der Waals surface area (Å²) in [6.45, 7) is 17.2. The molecule has 0 bridgehead atoms. The number of ether oxygens (including phenoxy) is 3. The van der Waals surface area contributed by atoms with Crippen LogP contribution in [0.1, 0.15) is 118 Å². The van der Waals surface area contributed by atoms with E-state index in [2.05, 4.69) is 54.5 Å². The fourth-order valence-corrected chi connectivity index (χ4v) is 12.1. The second-order valence-electron chi connectivity index (χ2n) is 17.8. The third-order valence-corrected chi connectivity index (χ3v) is 15.0. The molecule has 8 unspecified atom stereocenters. The average molecular weight is 631 g/mol. The Morgan fingerprint density at radius 1 is 0.826 bits per heavy atom. The minimum atomic E-state index is -0.369. The van der Waals surface area contributed by atoms with Crippen molar-refractivity contribution in [1.82, 2.24) is 0 Å². The zero-order valence-corrected chi connectivity index (χ0v) is 30.0. The van der Waals surface area contributed by atoms with Crippen molar-refractivity contribution in [1.29, 1.82) is 0 Å². The molecule has 252 valence electrons. The highest BCUT2D eigenvalue weighted by Crippen LogP contribution is 2.76. The van der Waals surface area contributed by atoms with Gasteiger partial charge in [0, 0.05) is 11.5 Å². The van der Waals surface area contributed by atoms with Gasteiger partial charge < -0.3 is 14.2 Å². The molecule has 0 saturated heterocycles. The van der Waals surface area contributed by atoms with Gasteiger partial charge in [0.2, 0.25) is 0 Å². The third-order valence-electron chi connectivity index (χ3n) is 15.0. The highest BCUT2D eigenvalue weighted by Gasteiger charge is 2.69. The van der Waals surface area contributed by atoms with Gasteiger partial charge in [0.1, 0.15) is 11.9 Å². The van der Waals surface area contributed by atoms with Crippen LogP contribution in [0.15, 0.2) is 42.0 Å². The molecule has 1 aromatic rings. The van der Waals surface area contributed by atoms with Gasteiger partial charge in [0.15, 0.2) is 0 Å². The predicted molar refractivity (Wildman–Crippen MR) is 183 cm³/mol. The van der Waals surface area contributed by atoms with Crippen LogP contribution in [0.4, 0.5) is 0 Å². The Kier molecular flexibility index (Phi) is 8.16. The first kappa shape index (κ1) is 33.3. The van der Waals surface area contributed by atoms with Crippen LogP contribution in [0, 0.1) is 50.2 Å². The number of esters is 2. The summed E-state index contributed by atoms with van der Waals surface area (Å²) in [5.41, 5.74) is 2.64. The molecule has 1 aromatic carbocycles. The lowest BCUT2D eigenvalue weighted by atomic mass is 9.33. The molecule has 5 aliphatic rings. The Hall–Kier alpha value is -2.56. The summed E-state index contributed by atoms with van der Waals surface area (Å²) >= 11 is 0. The van der Waals surface area contributed by atoms with Gasteiger partial charge >= 0.3 is 11.9 Å². The van der Waals surface area contributed by atoms with Crippen LogP contribution in [0.25, 0.3) is 6.08 Å². The number of hydrogen-bond donors (Lipinski definition) is 0. The number of benzene rings is 1. The number of methoxy groups -OCH3 is 2. The van der Waals surface area contributed by atoms with Crippen molar-refractivity contribution in [3.05, 3.63) is 47.6 Å². The molecule has 0 aromatic heterocycles. The normalized spacial score (nSPS) is 40.8. The second-order valence-corrected chi connectivity index (χ2v) is 17.8. The Morgan fingerprint density at radius 3 is 2.20 bits per heavy atom. The van der Waals surface area contributed by atoms with Gasteiger partial charge in [-0.3, -0.25) is 4.79 Å². The second kappa shape index (κ2) is 11.3. The maximum absolute atomic E-state index is 13.5. The number of allylic oxidation sites excluding steroid dienone is 2. The fourth-order valence-electron chi connectivity index (χ4n) is 12.1. The molecular weight excluding hydrogens is 572 g/mol. The molecule has 0 heterocycles. The standard InChI is InChI=1S/C41H58O5/c1-36(2)22-24-41(35(43)45-9)25-23-39(6)29(30(41)26-36)15-16-32-38(5)20-19-33(37(3,4)31(38)18-21-40(32,39)7)46-34(42)17-12-27-10-13-28(44-8)14-11-27/h10-15,17,30-33H,16,18-26H2,1-9H3/b17-12+. The van der Waals surface area contributed by atoms with Crippen LogP contribution in [0.3, 0.4) is 0 Å². The smallest absolute Gasteiger partial charge is 0.331 e. The van der Waals surface area contributed by atoms with Crippen molar-refractivity contribution < 1.29 is 23.8 Å². The minimum Gasteiger partial charge on any atom is -0.497 e. The Labute approximate surface area is 277 Å². The number of carbonyl (C=O) groups is 2. The van der Waals surface area contributed by atoms with Crippen molar-refractivity contribution in [3.63, 3.8) is 0 Å². The van der Waals surface area contributed by atoms with E-state index in [-0.39, 0.29) is 56.5 Å². The Morgan fingerprint density at radius 2 is 1.52 bits per heavy atom. The van der Waals surface area contributed by atoms with Gasteiger partial charge in [0.05, 0.1) is 19.6 Å². The van der Waals surface area contributed by atoms with Crippen molar-refractivity contribution in [2.75, 3.05) is 14.2 Å². The van der Waals surface area contributed by atoms with Crippen molar-refractivity contribution >= 4 is 18.0 Å². The molecule has 4 saturated carbocycles. The van der Waals surface area contributed by atoms with Crippen LogP contribution in [0.2, 0.25) is 0 Å². The number of hydrogen-bond acceptors (Lipinski definition) is 5. The van der Waals surface area contributed by atoms with E-state index in [1.807, 2.05) is 30.3 Å². The van der Waals surface area contributed by atoms with Crippen LogP contribution in [0.5, 0.6) is 5.75 Å². The molecule has 0 spiro atoms. The summed E-state index contributed by atoms with van der Waals surface area (Å²) in [5.74, 6) is 1.85. The molecule has 6 rings (SSSR count). The molecule has 5 nitrogen and oxygen atoms in total. The van der Waals surface area contributed by atoms with Crippen molar-refractivity contribution in [3.8, 4) is 5.75 Å². The first-order chi connectivity index (χ1) is 21.6. The Balaban J connectivity index is 1.25. The number of rotatable bonds is 5. The summed E-state index contributed by atoms with van der Waals surface area (Å²) in [5, 5.41) is 0. The van der Waals surface area contributed by atoms with E-state index < -0.39 is 0 Å². The van der Waals surface area contributed by atoms with Gasteiger partial charge in [-0.2, -0.15) is 0 Å². The van der Waals surface area contributed by atoms with E-state index in [4.69, 9.17) is 14.2 Å². The highest BCUT2D eigenvalue weighted by molar-refractivity contribution is 5.87. The van der Waals surface area contributed by atoms with Crippen LogP contribution < -0.4 is 4.74 Å². The molecule has 5 aliphatic carbocycles. The maximum Gasteiger partial charge on any atom is 0.331 e. The maximum atomic E-state index is 13.5. The highest BCUT2D eigenvalue weighted by atomic mass is 16.5. The van der Waals surface area contributed by atoms with Crippen molar-refractivity contribution in [2.45, 2.75) is 119 Å². The van der Waals surface area contributed by atoms with Gasteiger partial charge in [-0.05, 0) is 127 Å². The molecule has 0 amide bonds. The minimum absolute atomic E-state index is 0.0207. The van der Waals surface area contributed by atoms with Gasteiger partial charge in [0.25, 0.3) is 0 Å². The van der Waals surface area contributed by atoms with E-state index in [0.717, 1.165) is 69.1 Å². The quantitative estimate of drug-likeness (QED) is 0.184. The van der Waals surface area contributed by atoms with Crippen LogP contribution in [-0.4, -0.2) is 32.3 Å². The summed E-state index contributed by atoms with van der Waals surface area (Å²) in [6.07, 6.45) is 16.4. The summed E-state index contributed by atoms with van der Waals surface area (Å²) < 4.78 is 17.0. The number of fused-ring (bicyclic) bond motifs is 7. The molecule has 0 N–H and O–H groups in total. The Bertz CT molecular complexity index is 1420. The molecule has 0 radical (unpaired) electrons. The lowest BCUT2D eigenvalue weighted by Gasteiger charge is -2.71. The zero-order chi connectivity index (χ0) is 33.3. The first-order valence-corrected chi connectivity index (χ1v) is 17.9. The number of carbonyl (C=O) groups excluding carboxylic acids is 2. The topological polar surface area (TPSA) is 61.8 Å². The summed E-state index contributed by atoms with van der Waals surface area (Å²) in [6, 6.07) is 7.68. The first-order valence-electron chi connectivity index (χ1n) is 17.9. The third kappa shape index (κ3) is 4.91. The monoisotopic (exact) mass is 630 g/mol. The molecule has 5 heteroatoms. The molecule has 8 atom stereocenters. The SMILES string of the molecule is COC(=O)C12CCC(C)(C)CC1C1=CCC3C4(C)CCC(OC(=O)/C=C/c5ccc(OC)cc5)C(C)(C)C4CCC3(C)C1(C)CC2. The van der Waals surface area contributed by atoms with Gasteiger partial charge in [-0.25, -0.2) is 4.79 Å². The van der Waals surface area contributed by atoms with Crippen LogP contribution >= 0.6 is 0 Å². The van der Waals surface area contributed by atoms with E-state index in [9.17, 15) is 9.59 Å². The van der Waals surface area contributed by atoms with Crippen LogP contribution in [-0.2, 0) is 19.1 Å². The molecule has 0 aliphatic heterocycles. The summed E-state index contributed by atoms with van der Waals surface area (Å²) in [7, 11) is 3.24. The molecule has 4 fully saturated rings. The summed E-state index contributed by atoms with van der Waals surface area (Å²) in [4.78, 5) is 26.6. The van der Waals surface area contributed by atoms with Crippen molar-refractivity contribution in [2.24, 2.45) is 50.2 Å². The van der Waals surface area contributed by atoms with Gasteiger partial charge in [-0.15, -0.1) is 0 Å². The predicted octanol–water partition coefficient (Wildman–Crippen LogP) is 9.59. The lowest BCUT2D eigenvalue weighted by Crippen LogP contribution is -2.65. The van der Waals surface area contributed by atoms with E-state index in [1.165, 1.54) is 6.42 Å². The lowest BCUT2D eigenvalue weighted by molar-refractivity contribution is -0.212. The van der Waals surface area contributed by atoms with E-state index >= 15 is 0 Å². The van der Waals surface area contributed by atoms with E-state index in [1.54, 1.807) is 25.9 Å². The zero-order valence-electron chi connectivity index (χ0n) is 30.0. The average Bonchev–Trinajstić information content (AvgIpc) is 3.01. The molecular formula is C41H58O5.